The van der Waals surface area contributed by atoms with Crippen LogP contribution < -0.4 is 14.8 Å². The van der Waals surface area contributed by atoms with Crippen molar-refractivity contribution in [3.05, 3.63) is 23.8 Å². The number of hydrogen-bond donors (Lipinski definition) is 1. The van der Waals surface area contributed by atoms with Gasteiger partial charge in [0.1, 0.15) is 0 Å². The molecule has 3 rings (SSSR count). The van der Waals surface area contributed by atoms with Crippen molar-refractivity contribution >= 4 is 0 Å². The highest BCUT2D eigenvalue weighted by molar-refractivity contribution is 5.47. The third kappa shape index (κ3) is 2.78. The molecule has 0 saturated heterocycles. The summed E-state index contributed by atoms with van der Waals surface area (Å²) in [6.45, 7) is 5.81. The number of nitrogens with one attached hydrogen (secondary N) is 1. The fourth-order valence-electron chi connectivity index (χ4n) is 3.19. The van der Waals surface area contributed by atoms with Crippen molar-refractivity contribution in [2.45, 2.75) is 45.6 Å². The molecule has 2 aliphatic rings. The van der Waals surface area contributed by atoms with E-state index in [0.29, 0.717) is 5.41 Å². The zero-order chi connectivity index (χ0) is 13.8. The molecule has 0 aromatic heterocycles. The molecular formula is C17H25NO2. The summed E-state index contributed by atoms with van der Waals surface area (Å²) in [6.07, 6.45) is 6.40. The van der Waals surface area contributed by atoms with E-state index in [2.05, 4.69) is 24.4 Å². The largest absolute Gasteiger partial charge is 0.490 e. The van der Waals surface area contributed by atoms with Crippen molar-refractivity contribution in [3.8, 4) is 11.5 Å². The molecule has 0 spiro atoms. The first-order valence-electron chi connectivity index (χ1n) is 7.91. The minimum Gasteiger partial charge on any atom is -0.490 e. The topological polar surface area (TPSA) is 30.5 Å². The number of rotatable bonds is 5. The zero-order valence-corrected chi connectivity index (χ0v) is 12.4. The highest BCUT2D eigenvalue weighted by atomic mass is 16.5. The van der Waals surface area contributed by atoms with Crippen LogP contribution in [0.4, 0.5) is 0 Å². The lowest BCUT2D eigenvalue weighted by Gasteiger charge is -2.41. The van der Waals surface area contributed by atoms with E-state index in [9.17, 15) is 0 Å². The van der Waals surface area contributed by atoms with Gasteiger partial charge in [0.25, 0.3) is 0 Å². The number of para-hydroxylation sites is 1. The summed E-state index contributed by atoms with van der Waals surface area (Å²) in [4.78, 5) is 0. The molecule has 1 aliphatic heterocycles. The Morgan fingerprint density at radius 3 is 2.75 bits per heavy atom. The van der Waals surface area contributed by atoms with E-state index >= 15 is 0 Å². The molecule has 20 heavy (non-hydrogen) atoms. The molecule has 0 bridgehead atoms. The quantitative estimate of drug-likeness (QED) is 0.892. The lowest BCUT2D eigenvalue weighted by molar-refractivity contribution is 0.123. The van der Waals surface area contributed by atoms with Crippen LogP contribution in [0.1, 0.15) is 44.6 Å². The van der Waals surface area contributed by atoms with E-state index in [1.165, 1.54) is 31.2 Å². The Morgan fingerprint density at radius 1 is 1.15 bits per heavy atom. The molecular weight excluding hydrogens is 250 g/mol. The van der Waals surface area contributed by atoms with Gasteiger partial charge in [0.2, 0.25) is 0 Å². The second-order valence-electron chi connectivity index (χ2n) is 6.11. The van der Waals surface area contributed by atoms with Crippen molar-refractivity contribution in [1.82, 2.24) is 5.32 Å². The predicted molar refractivity (Wildman–Crippen MR) is 80.3 cm³/mol. The van der Waals surface area contributed by atoms with E-state index in [1.54, 1.807) is 0 Å². The Labute approximate surface area is 121 Å². The maximum Gasteiger partial charge on any atom is 0.165 e. The van der Waals surface area contributed by atoms with Crippen LogP contribution in [0.15, 0.2) is 18.2 Å². The molecule has 0 radical (unpaired) electrons. The Hall–Kier alpha value is -1.22. The Kier molecular flexibility index (Phi) is 4.16. The summed E-state index contributed by atoms with van der Waals surface area (Å²) in [6, 6.07) is 6.20. The van der Waals surface area contributed by atoms with Crippen LogP contribution in [0.3, 0.4) is 0 Å². The zero-order valence-electron chi connectivity index (χ0n) is 12.4. The van der Waals surface area contributed by atoms with E-state index in [-0.39, 0.29) is 0 Å². The van der Waals surface area contributed by atoms with Crippen LogP contribution in [-0.2, 0) is 6.54 Å². The Morgan fingerprint density at radius 2 is 2.00 bits per heavy atom. The number of fused-ring (bicyclic) bond motifs is 1. The number of hydrogen-bond acceptors (Lipinski definition) is 3. The van der Waals surface area contributed by atoms with E-state index in [4.69, 9.17) is 9.47 Å². The Balaban J connectivity index is 1.62. The maximum absolute atomic E-state index is 5.86. The van der Waals surface area contributed by atoms with Gasteiger partial charge in [0.15, 0.2) is 11.5 Å². The maximum atomic E-state index is 5.86. The molecule has 3 nitrogen and oxygen atoms in total. The van der Waals surface area contributed by atoms with Crippen molar-refractivity contribution in [2.75, 3.05) is 19.8 Å². The van der Waals surface area contributed by atoms with Crippen LogP contribution in [-0.4, -0.2) is 19.8 Å². The molecule has 1 aromatic rings. The number of ether oxygens (including phenoxy) is 2. The lowest BCUT2D eigenvalue weighted by Crippen LogP contribution is -2.39. The van der Waals surface area contributed by atoms with E-state index in [1.807, 2.05) is 6.07 Å². The SMILES string of the molecule is CCC1(CNCc2cccc3c2OCCCO3)CCC1. The molecule has 3 heteroatoms. The predicted octanol–water partition coefficient (Wildman–Crippen LogP) is 3.52. The third-order valence-electron chi connectivity index (χ3n) is 4.83. The molecule has 1 heterocycles. The third-order valence-corrected chi connectivity index (χ3v) is 4.83. The highest BCUT2D eigenvalue weighted by Gasteiger charge is 2.34. The second kappa shape index (κ2) is 6.04. The fourth-order valence-corrected chi connectivity index (χ4v) is 3.19. The lowest BCUT2D eigenvalue weighted by atomic mass is 9.67. The summed E-state index contributed by atoms with van der Waals surface area (Å²) in [5.74, 6) is 1.84. The summed E-state index contributed by atoms with van der Waals surface area (Å²) < 4.78 is 11.6. The van der Waals surface area contributed by atoms with Crippen molar-refractivity contribution < 1.29 is 9.47 Å². The van der Waals surface area contributed by atoms with Gasteiger partial charge < -0.3 is 14.8 Å². The minimum atomic E-state index is 0.559. The first kappa shape index (κ1) is 13.7. The normalized spacial score (nSPS) is 20.1. The molecule has 0 unspecified atom stereocenters. The average molecular weight is 275 g/mol. The monoisotopic (exact) mass is 275 g/mol. The van der Waals surface area contributed by atoms with E-state index < -0.39 is 0 Å². The summed E-state index contributed by atoms with van der Waals surface area (Å²) in [5, 5.41) is 3.63. The van der Waals surface area contributed by atoms with Crippen molar-refractivity contribution in [2.24, 2.45) is 5.41 Å². The van der Waals surface area contributed by atoms with Gasteiger partial charge >= 0.3 is 0 Å². The molecule has 0 atom stereocenters. The van der Waals surface area contributed by atoms with Gasteiger partial charge in [-0.15, -0.1) is 0 Å². The van der Waals surface area contributed by atoms with Crippen LogP contribution >= 0.6 is 0 Å². The number of benzene rings is 1. The van der Waals surface area contributed by atoms with Gasteiger partial charge in [-0.1, -0.05) is 25.5 Å². The van der Waals surface area contributed by atoms with Crippen LogP contribution in [0.2, 0.25) is 0 Å². The smallest absolute Gasteiger partial charge is 0.165 e. The van der Waals surface area contributed by atoms with Crippen LogP contribution in [0.25, 0.3) is 0 Å². The summed E-state index contributed by atoms with van der Waals surface area (Å²) >= 11 is 0. The summed E-state index contributed by atoms with van der Waals surface area (Å²) in [7, 11) is 0. The van der Waals surface area contributed by atoms with Gasteiger partial charge in [-0.2, -0.15) is 0 Å². The minimum absolute atomic E-state index is 0.559. The first-order valence-corrected chi connectivity index (χ1v) is 7.91. The molecule has 1 N–H and O–H groups in total. The van der Waals surface area contributed by atoms with Crippen LogP contribution in [0, 0.1) is 5.41 Å². The van der Waals surface area contributed by atoms with Gasteiger partial charge in [-0.3, -0.25) is 0 Å². The van der Waals surface area contributed by atoms with E-state index in [0.717, 1.165) is 44.2 Å². The van der Waals surface area contributed by atoms with Gasteiger partial charge in [-0.25, -0.2) is 0 Å². The first-order chi connectivity index (χ1) is 9.83. The van der Waals surface area contributed by atoms with Crippen molar-refractivity contribution in [1.29, 1.82) is 0 Å². The van der Waals surface area contributed by atoms with Crippen LogP contribution in [0.5, 0.6) is 11.5 Å². The highest BCUT2D eigenvalue weighted by Crippen LogP contribution is 2.43. The fraction of sp³-hybridized carbons (Fsp3) is 0.647. The molecule has 110 valence electrons. The Bertz CT molecular complexity index is 449. The van der Waals surface area contributed by atoms with Gasteiger partial charge in [0, 0.05) is 25.1 Å². The molecule has 1 saturated carbocycles. The summed E-state index contributed by atoms with van der Waals surface area (Å²) in [5.41, 5.74) is 1.78. The van der Waals surface area contributed by atoms with Gasteiger partial charge in [-0.05, 0) is 30.7 Å². The molecule has 1 aromatic carbocycles. The molecule has 0 amide bonds. The average Bonchev–Trinajstić information content (AvgIpc) is 2.67. The second-order valence-corrected chi connectivity index (χ2v) is 6.11. The van der Waals surface area contributed by atoms with Gasteiger partial charge in [0.05, 0.1) is 13.2 Å². The molecule has 1 aliphatic carbocycles. The van der Waals surface area contributed by atoms with Crippen molar-refractivity contribution in [3.63, 3.8) is 0 Å². The molecule has 1 fully saturated rings. The standard InChI is InChI=1S/C17H25NO2/c1-2-17(8-4-9-17)13-18-12-14-6-3-7-15-16(14)20-11-5-10-19-15/h3,6-7,18H,2,4-5,8-13H2,1H3.